The maximum atomic E-state index is 12.2. The number of halogens is 1. The van der Waals surface area contributed by atoms with Gasteiger partial charge in [0.15, 0.2) is 0 Å². The molecule has 2 N–H and O–H groups in total. The summed E-state index contributed by atoms with van der Waals surface area (Å²) in [7, 11) is 1.70. The zero-order valence-corrected chi connectivity index (χ0v) is 14.8. The molecule has 0 bridgehead atoms. The van der Waals surface area contributed by atoms with Crippen molar-refractivity contribution in [1.29, 1.82) is 0 Å². The Hall–Kier alpha value is -1.30. The van der Waals surface area contributed by atoms with Gasteiger partial charge in [-0.3, -0.25) is 9.69 Å². The van der Waals surface area contributed by atoms with Gasteiger partial charge in [0.05, 0.1) is 13.2 Å². The van der Waals surface area contributed by atoms with Gasteiger partial charge in [0.2, 0.25) is 5.91 Å². The second-order valence-electron chi connectivity index (χ2n) is 5.81. The first kappa shape index (κ1) is 19.7. The van der Waals surface area contributed by atoms with Gasteiger partial charge in [-0.15, -0.1) is 12.4 Å². The van der Waals surface area contributed by atoms with Gasteiger partial charge in [0.1, 0.15) is 5.75 Å². The van der Waals surface area contributed by atoms with Crippen molar-refractivity contribution in [2.75, 3.05) is 33.3 Å². The van der Waals surface area contributed by atoms with Gasteiger partial charge >= 0.3 is 0 Å². The highest BCUT2D eigenvalue weighted by molar-refractivity contribution is 5.85. The first-order valence-corrected chi connectivity index (χ1v) is 8.04. The molecular weight excluding hydrogens is 314 g/mol. The molecule has 1 amide bonds. The fraction of sp³-hybridized carbons (Fsp3) is 0.588. The van der Waals surface area contributed by atoms with E-state index in [0.29, 0.717) is 0 Å². The maximum absolute atomic E-state index is 12.2. The highest BCUT2D eigenvalue weighted by Gasteiger charge is 2.25. The number of nitrogens with zero attached hydrogens (tertiary/aromatic N) is 2. The third kappa shape index (κ3) is 5.37. The smallest absolute Gasteiger partial charge is 0.239 e. The van der Waals surface area contributed by atoms with Crippen LogP contribution in [0.1, 0.15) is 25.3 Å². The van der Waals surface area contributed by atoms with Crippen LogP contribution in [0, 0.1) is 0 Å². The van der Waals surface area contributed by atoms with Crippen LogP contribution in [-0.2, 0) is 11.3 Å². The number of nitrogens with two attached hydrogens (primary N) is 1. The van der Waals surface area contributed by atoms with E-state index in [1.54, 1.807) is 7.11 Å². The van der Waals surface area contributed by atoms with Crippen LogP contribution in [0.5, 0.6) is 5.75 Å². The molecule has 1 aliphatic rings. The number of hydrogen-bond acceptors (Lipinski definition) is 4. The zero-order valence-electron chi connectivity index (χ0n) is 14.0. The van der Waals surface area contributed by atoms with Crippen LogP contribution in [-0.4, -0.2) is 55.0 Å². The van der Waals surface area contributed by atoms with Crippen LogP contribution in [0.15, 0.2) is 24.3 Å². The number of amides is 1. The summed E-state index contributed by atoms with van der Waals surface area (Å²) in [5.74, 6) is 1.02. The summed E-state index contributed by atoms with van der Waals surface area (Å²) in [5, 5.41) is 0. The minimum atomic E-state index is -0.342. The van der Waals surface area contributed by atoms with E-state index < -0.39 is 0 Å². The first-order chi connectivity index (χ1) is 10.7. The van der Waals surface area contributed by atoms with Gasteiger partial charge in [-0.2, -0.15) is 0 Å². The molecule has 130 valence electrons. The Bertz CT molecular complexity index is 490. The number of carbonyl (C=O) groups is 1. The summed E-state index contributed by atoms with van der Waals surface area (Å²) in [6, 6.07) is 7.74. The van der Waals surface area contributed by atoms with Gasteiger partial charge in [-0.1, -0.05) is 31.5 Å². The molecule has 1 atom stereocenters. The van der Waals surface area contributed by atoms with E-state index in [2.05, 4.69) is 17.9 Å². The molecule has 0 aliphatic carbocycles. The Kier molecular flexibility index (Phi) is 8.37. The highest BCUT2D eigenvalue weighted by atomic mass is 35.5. The monoisotopic (exact) mass is 341 g/mol. The van der Waals surface area contributed by atoms with Crippen molar-refractivity contribution < 1.29 is 9.53 Å². The van der Waals surface area contributed by atoms with Crippen LogP contribution in [0.4, 0.5) is 0 Å². The van der Waals surface area contributed by atoms with Gasteiger partial charge in [0, 0.05) is 38.3 Å². The zero-order chi connectivity index (χ0) is 15.9. The Balaban J connectivity index is 0.00000264. The fourth-order valence-corrected chi connectivity index (χ4v) is 2.87. The van der Waals surface area contributed by atoms with E-state index in [9.17, 15) is 4.79 Å². The quantitative estimate of drug-likeness (QED) is 0.858. The number of para-hydroxylation sites is 1. The molecule has 1 heterocycles. The Labute approximate surface area is 145 Å². The highest BCUT2D eigenvalue weighted by Crippen LogP contribution is 2.20. The molecule has 5 nitrogen and oxygen atoms in total. The van der Waals surface area contributed by atoms with Crippen LogP contribution < -0.4 is 10.5 Å². The molecule has 1 fully saturated rings. The van der Waals surface area contributed by atoms with Crippen LogP contribution in [0.2, 0.25) is 0 Å². The van der Waals surface area contributed by atoms with Gasteiger partial charge < -0.3 is 15.4 Å². The lowest BCUT2D eigenvalue weighted by atomic mass is 10.1. The molecule has 0 spiro atoms. The molecule has 0 saturated carbocycles. The van der Waals surface area contributed by atoms with Gasteiger partial charge in [-0.05, 0) is 12.5 Å². The molecule has 23 heavy (non-hydrogen) atoms. The summed E-state index contributed by atoms with van der Waals surface area (Å²) in [4.78, 5) is 16.5. The van der Waals surface area contributed by atoms with E-state index in [4.69, 9.17) is 10.5 Å². The van der Waals surface area contributed by atoms with Crippen molar-refractivity contribution in [1.82, 2.24) is 9.80 Å². The molecule has 1 aliphatic heterocycles. The van der Waals surface area contributed by atoms with Gasteiger partial charge in [-0.25, -0.2) is 0 Å². The Morgan fingerprint density at radius 1 is 1.26 bits per heavy atom. The van der Waals surface area contributed by atoms with E-state index in [1.807, 2.05) is 23.1 Å². The third-order valence-corrected chi connectivity index (χ3v) is 4.19. The standard InChI is InChI=1S/C17H27N3O2.ClH/c1-3-6-15(18)17(21)20-11-9-19(10-12-20)13-14-7-4-5-8-16(14)22-2;/h4-5,7-8,15H,3,6,9-13,18H2,1-2H3;1H. The minimum absolute atomic E-state index is 0. The number of rotatable bonds is 6. The van der Waals surface area contributed by atoms with Crippen LogP contribution in [0.3, 0.4) is 0 Å². The normalized spacial score (nSPS) is 16.6. The van der Waals surface area contributed by atoms with E-state index in [1.165, 1.54) is 5.56 Å². The predicted molar refractivity (Wildman–Crippen MR) is 95.0 cm³/mol. The first-order valence-electron chi connectivity index (χ1n) is 8.04. The topological polar surface area (TPSA) is 58.8 Å². The van der Waals surface area contributed by atoms with Gasteiger partial charge in [0.25, 0.3) is 0 Å². The molecule has 1 aromatic carbocycles. The second kappa shape index (κ2) is 9.75. The van der Waals surface area contributed by atoms with Crippen molar-refractivity contribution >= 4 is 18.3 Å². The number of benzene rings is 1. The van der Waals surface area contributed by atoms with E-state index in [0.717, 1.165) is 51.3 Å². The Morgan fingerprint density at radius 2 is 1.91 bits per heavy atom. The number of methoxy groups -OCH3 is 1. The molecule has 1 unspecified atom stereocenters. The number of hydrogen-bond donors (Lipinski definition) is 1. The van der Waals surface area contributed by atoms with E-state index >= 15 is 0 Å². The molecule has 6 heteroatoms. The average Bonchev–Trinajstić information content (AvgIpc) is 2.55. The second-order valence-corrected chi connectivity index (χ2v) is 5.81. The molecular formula is C17H28ClN3O2. The lowest BCUT2D eigenvalue weighted by Gasteiger charge is -2.36. The van der Waals surface area contributed by atoms with Crippen LogP contribution >= 0.6 is 12.4 Å². The van der Waals surface area contributed by atoms with Crippen molar-refractivity contribution in [3.63, 3.8) is 0 Å². The lowest BCUT2D eigenvalue weighted by Crippen LogP contribution is -2.52. The number of carbonyl (C=O) groups excluding carboxylic acids is 1. The number of ether oxygens (including phenoxy) is 1. The summed E-state index contributed by atoms with van der Waals surface area (Å²) in [6.07, 6.45) is 1.71. The molecule has 0 radical (unpaired) electrons. The largest absolute Gasteiger partial charge is 0.496 e. The SMILES string of the molecule is CCCC(N)C(=O)N1CCN(Cc2ccccc2OC)CC1.Cl. The predicted octanol–water partition coefficient (Wildman–Crippen LogP) is 1.89. The maximum Gasteiger partial charge on any atom is 0.239 e. The molecule has 1 aromatic rings. The van der Waals surface area contributed by atoms with Crippen molar-refractivity contribution in [3.8, 4) is 5.75 Å². The lowest BCUT2D eigenvalue weighted by molar-refractivity contribution is -0.134. The van der Waals surface area contributed by atoms with Crippen molar-refractivity contribution in [2.24, 2.45) is 5.73 Å². The summed E-state index contributed by atoms with van der Waals surface area (Å²) < 4.78 is 5.40. The van der Waals surface area contributed by atoms with Crippen molar-refractivity contribution in [3.05, 3.63) is 29.8 Å². The van der Waals surface area contributed by atoms with Crippen LogP contribution in [0.25, 0.3) is 0 Å². The summed E-state index contributed by atoms with van der Waals surface area (Å²) >= 11 is 0. The molecule has 0 aromatic heterocycles. The molecule has 2 rings (SSSR count). The Morgan fingerprint density at radius 3 is 2.52 bits per heavy atom. The molecule has 1 saturated heterocycles. The average molecular weight is 342 g/mol. The summed E-state index contributed by atoms with van der Waals surface area (Å²) in [6.45, 7) is 6.17. The number of piperazine rings is 1. The minimum Gasteiger partial charge on any atom is -0.496 e. The summed E-state index contributed by atoms with van der Waals surface area (Å²) in [5.41, 5.74) is 7.12. The fourth-order valence-electron chi connectivity index (χ4n) is 2.87. The van der Waals surface area contributed by atoms with Crippen molar-refractivity contribution in [2.45, 2.75) is 32.4 Å². The third-order valence-electron chi connectivity index (χ3n) is 4.19. The van der Waals surface area contributed by atoms with E-state index in [-0.39, 0.29) is 24.4 Å².